The monoisotopic (exact) mass is 1230 g/mol. The first-order valence-corrected chi connectivity index (χ1v) is 29.9. The second kappa shape index (κ2) is 45.0. The lowest BCUT2D eigenvalue weighted by Crippen LogP contribution is -2.34. The molecule has 0 amide bonds. The molecule has 8 aromatic carbocycles. The average Bonchev–Trinajstić information content (AvgIpc) is 3.51. The predicted octanol–water partition coefficient (Wildman–Crippen LogP) is 7.65. The molecule has 416 valence electrons. The van der Waals surface area contributed by atoms with E-state index in [1.54, 1.807) is 0 Å². The van der Waals surface area contributed by atoms with Crippen molar-refractivity contribution in [2.24, 2.45) is 21.5 Å². The average molecular weight is 1230 g/mol. The molecule has 0 aliphatic heterocycles. The van der Waals surface area contributed by atoms with E-state index in [2.05, 4.69) is 119 Å². The molecule has 21 heteroatoms. The molecule has 8 aromatic rings. The van der Waals surface area contributed by atoms with Crippen LogP contribution in [-0.2, 0) is 128 Å². The van der Waals surface area contributed by atoms with Gasteiger partial charge in [0, 0.05) is 98.1 Å². The zero-order valence-corrected chi connectivity index (χ0v) is 50.0. The highest BCUT2D eigenvalue weighted by Gasteiger charge is 2.38. The first-order chi connectivity index (χ1) is 38.2. The summed E-state index contributed by atoms with van der Waals surface area (Å²) in [6.07, 6.45) is -1.40. The zero-order chi connectivity index (χ0) is 57.0. The van der Waals surface area contributed by atoms with E-state index >= 15 is 0 Å². The van der Waals surface area contributed by atoms with Gasteiger partial charge in [0.05, 0.1) is 13.5 Å². The summed E-state index contributed by atoms with van der Waals surface area (Å²) in [5, 5.41) is 38.5. The molecule has 0 spiro atoms. The number of hydrogen-bond donors (Lipinski definition) is 4. The van der Waals surface area contributed by atoms with Gasteiger partial charge < -0.3 is 50.8 Å². The van der Waals surface area contributed by atoms with E-state index in [4.69, 9.17) is 34.9 Å². The summed E-state index contributed by atoms with van der Waals surface area (Å²) in [5.41, 5.74) is 16.4. The van der Waals surface area contributed by atoms with E-state index in [-0.39, 0.29) is 46.9 Å². The highest BCUT2D eigenvalue weighted by atomic mass is 33.1. The van der Waals surface area contributed by atoms with Gasteiger partial charge in [0.2, 0.25) is 0 Å². The molecule has 0 aliphatic rings. The van der Waals surface area contributed by atoms with Crippen LogP contribution in [0.25, 0.3) is 0 Å². The summed E-state index contributed by atoms with van der Waals surface area (Å²) in [6, 6.07) is 79.3. The normalized spacial score (nSPS) is 10.4. The lowest BCUT2D eigenvalue weighted by molar-refractivity contribution is -0.253. The van der Waals surface area contributed by atoms with Gasteiger partial charge in [0.1, 0.15) is 36.8 Å². The molecule has 0 aliphatic carbocycles. The van der Waals surface area contributed by atoms with Crippen LogP contribution in [0.2, 0.25) is 0 Å². The number of aliphatic imine (C=N–C) groups is 2. The van der Waals surface area contributed by atoms with Crippen molar-refractivity contribution < 1.29 is 39.4 Å². The molecule has 0 bridgehead atoms. The van der Waals surface area contributed by atoms with Crippen LogP contribution in [0.5, 0.6) is 0 Å². The van der Waals surface area contributed by atoms with Crippen molar-refractivity contribution in [2.45, 2.75) is 24.4 Å². The third kappa shape index (κ3) is 25.4. The number of hydrogen-bond acceptors (Lipinski definition) is 18. The van der Waals surface area contributed by atoms with E-state index in [9.17, 15) is 10.2 Å². The Morgan fingerprint density at radius 2 is 0.633 bits per heavy atom. The van der Waals surface area contributed by atoms with Gasteiger partial charge >= 0.3 is 0 Å². The SMILES string of the molecule is NCO.NCOC(c1ccccc1)(c1ccccc1)c1ccccc1.S.S=S.S=S=S.S=S=S.[O-]C(=NCO)OCc1ccccc1.[O-]C(=NCOC(c1ccccc1)(c1ccccc1)c1ccccc1)OCc1ccccc1. The molecule has 0 radical (unpaired) electrons. The third-order valence-corrected chi connectivity index (χ3v) is 10.5. The van der Waals surface area contributed by atoms with Gasteiger partial charge in [-0.2, -0.15) is 13.5 Å². The number of benzene rings is 8. The summed E-state index contributed by atoms with van der Waals surface area (Å²) in [4.78, 5) is 7.15. The molecular formula is C58H60N4O8S9-2. The third-order valence-electron chi connectivity index (χ3n) is 10.5. The topological polar surface area (TPSA) is 200 Å². The minimum absolute atomic E-state index is 0. The predicted molar refractivity (Wildman–Crippen MR) is 339 cm³/mol. The standard InChI is InChI=1S/C28H25NO3.C20H19NO.C9H11NO3.CH5NO.2S3.S2.H2S/c30-27(31-21-23-13-5-1-6-14-23)29-22-32-28(24-15-7-2-8-16-24,25-17-9-3-10-18-25)26-19-11-4-12-20-26;21-16-22-20(17-10-4-1-5-11-17,18-12-6-2-7-13-18)19-14-8-3-9-15-19;11-7-10-9(12)13-6-8-4-2-1-3-5-8;2-1-3;2*1-3-2;1-2;/h1-20H,21-22H2,(H,29,30);1-15H,16,21H2;1-5,11H,6-7H2,(H,10,12);3H,1-2H2;;;;1H2/p-2. The Hall–Kier alpha value is -5.83. The van der Waals surface area contributed by atoms with Crippen molar-refractivity contribution in [3.8, 4) is 0 Å². The molecule has 0 aromatic heterocycles. The molecule has 0 atom stereocenters. The van der Waals surface area contributed by atoms with Gasteiger partial charge in [-0.15, -0.1) is 0 Å². The summed E-state index contributed by atoms with van der Waals surface area (Å²) in [5.74, 6) is 0. The smallest absolute Gasteiger partial charge is 0.148 e. The van der Waals surface area contributed by atoms with Crippen LogP contribution in [0.3, 0.4) is 0 Å². The van der Waals surface area contributed by atoms with E-state index < -0.39 is 30.1 Å². The Bertz CT molecular complexity index is 2700. The molecule has 0 unspecified atom stereocenters. The van der Waals surface area contributed by atoms with Crippen LogP contribution >= 0.6 is 13.5 Å². The summed E-state index contributed by atoms with van der Waals surface area (Å²) in [6.45, 7) is -0.438. The molecule has 0 fully saturated rings. The van der Waals surface area contributed by atoms with Crippen LogP contribution in [0, 0.1) is 0 Å². The van der Waals surface area contributed by atoms with Crippen molar-refractivity contribution in [1.29, 1.82) is 0 Å². The Balaban J connectivity index is 0.000000575. The highest BCUT2D eigenvalue weighted by Crippen LogP contribution is 2.41. The molecule has 0 heterocycles. The maximum Gasteiger partial charge on any atom is 0.148 e. The zero-order valence-electron chi connectivity index (χ0n) is 42.5. The first-order valence-electron chi connectivity index (χ1n) is 23.2. The first kappa shape index (κ1) is 71.2. The largest absolute Gasteiger partial charge is 0.596 e. The quantitative estimate of drug-likeness (QED) is 0.0318. The Morgan fingerprint density at radius 1 is 0.418 bits per heavy atom. The fourth-order valence-corrected chi connectivity index (χ4v) is 7.43. The van der Waals surface area contributed by atoms with Gasteiger partial charge in [-0.25, -0.2) is 9.98 Å². The van der Waals surface area contributed by atoms with Gasteiger partial charge in [0.15, 0.2) is 0 Å². The van der Waals surface area contributed by atoms with Gasteiger partial charge in [-0.1, -0.05) is 243 Å². The Morgan fingerprint density at radius 3 is 0.861 bits per heavy atom. The number of ether oxygens (including phenoxy) is 4. The van der Waals surface area contributed by atoms with Crippen LogP contribution in [0.15, 0.2) is 253 Å². The fraction of sp³-hybridized carbons (Fsp3) is 0.138. The molecule has 79 heavy (non-hydrogen) atoms. The molecule has 0 saturated heterocycles. The summed E-state index contributed by atoms with van der Waals surface area (Å²) < 4.78 is 22.6. The summed E-state index contributed by atoms with van der Waals surface area (Å²) >= 11 is 23.8. The van der Waals surface area contributed by atoms with E-state index in [1.807, 2.05) is 206 Å². The number of nitrogens with zero attached hydrogens (tertiary/aromatic N) is 2. The summed E-state index contributed by atoms with van der Waals surface area (Å²) in [7, 11) is 1.83. The molecule has 12 nitrogen and oxygen atoms in total. The second-order valence-corrected chi connectivity index (χ2v) is 18.5. The lowest BCUT2D eigenvalue weighted by Gasteiger charge is -2.35. The Kier molecular flexibility index (Phi) is 40.5. The van der Waals surface area contributed by atoms with Crippen molar-refractivity contribution in [2.75, 3.05) is 26.9 Å². The van der Waals surface area contributed by atoms with E-state index in [0.29, 0.717) is 0 Å². The number of aliphatic hydroxyl groups excluding tert-OH is 2. The second-order valence-electron chi connectivity index (χ2n) is 15.0. The van der Waals surface area contributed by atoms with Crippen molar-refractivity contribution in [3.63, 3.8) is 0 Å². The van der Waals surface area contributed by atoms with Crippen LogP contribution in [-0.4, -0.2) is 49.3 Å². The number of aliphatic hydroxyl groups is 2. The van der Waals surface area contributed by atoms with Crippen molar-refractivity contribution >= 4 is 111 Å². The van der Waals surface area contributed by atoms with Crippen molar-refractivity contribution in [1.82, 2.24) is 0 Å². The molecule has 6 N–H and O–H groups in total. The molecule has 8 rings (SSSR count). The number of nitrogens with two attached hydrogens (primary N) is 2. The van der Waals surface area contributed by atoms with Gasteiger partial charge in [0.25, 0.3) is 0 Å². The minimum Gasteiger partial charge on any atom is -0.596 e. The fourth-order valence-electron chi connectivity index (χ4n) is 7.43. The van der Waals surface area contributed by atoms with Crippen LogP contribution in [0.4, 0.5) is 0 Å². The Labute approximate surface area is 505 Å². The molecule has 0 saturated carbocycles. The van der Waals surface area contributed by atoms with Gasteiger partial charge in [-0.05, 0) is 44.5 Å². The maximum absolute atomic E-state index is 12.2. The highest BCUT2D eigenvalue weighted by molar-refractivity contribution is 8.37. The van der Waals surface area contributed by atoms with Crippen molar-refractivity contribution in [3.05, 3.63) is 287 Å². The van der Waals surface area contributed by atoms with Gasteiger partial charge in [-0.3, -0.25) is 0 Å². The number of rotatable bonds is 16. The van der Waals surface area contributed by atoms with Crippen LogP contribution < -0.4 is 21.7 Å². The van der Waals surface area contributed by atoms with Crippen LogP contribution in [0.1, 0.15) is 44.5 Å². The maximum atomic E-state index is 12.2. The van der Waals surface area contributed by atoms with E-state index in [0.717, 1.165) is 62.3 Å². The molecular weight excluding hydrogens is 1170 g/mol. The lowest BCUT2D eigenvalue weighted by atomic mass is 9.80. The van der Waals surface area contributed by atoms with E-state index in [1.165, 1.54) is 0 Å². The minimum atomic E-state index is -0.924.